The first kappa shape index (κ1) is 10.8. The molecule has 0 aromatic heterocycles. The first-order valence-electron chi connectivity index (χ1n) is 5.82. The Hall–Kier alpha value is 0.270. The molecule has 0 radical (unpaired) electrons. The molecular formula is C11H22N2S. The lowest BCUT2D eigenvalue weighted by Gasteiger charge is -2.35. The Balaban J connectivity index is 1.83. The number of nitrogens with zero attached hydrogens (tertiary/aromatic N) is 1. The van der Waals surface area contributed by atoms with E-state index in [0.29, 0.717) is 0 Å². The molecule has 2 rings (SSSR count). The number of thioether (sulfide) groups is 1. The maximum absolute atomic E-state index is 3.63. The van der Waals surface area contributed by atoms with Gasteiger partial charge in [-0.1, -0.05) is 6.92 Å². The zero-order valence-electron chi connectivity index (χ0n) is 9.33. The second-order valence-electron chi connectivity index (χ2n) is 4.75. The normalized spacial score (nSPS) is 40.3. The van der Waals surface area contributed by atoms with Crippen LogP contribution in [0.5, 0.6) is 0 Å². The van der Waals surface area contributed by atoms with Gasteiger partial charge in [-0.3, -0.25) is 4.90 Å². The van der Waals surface area contributed by atoms with Gasteiger partial charge in [0.25, 0.3) is 0 Å². The summed E-state index contributed by atoms with van der Waals surface area (Å²) in [4.78, 5) is 2.66. The Bertz CT molecular complexity index is 186. The third-order valence-corrected chi connectivity index (χ3v) is 4.82. The molecule has 82 valence electrons. The van der Waals surface area contributed by atoms with Crippen LogP contribution >= 0.6 is 11.8 Å². The van der Waals surface area contributed by atoms with Gasteiger partial charge in [-0.2, -0.15) is 11.8 Å². The molecule has 14 heavy (non-hydrogen) atoms. The van der Waals surface area contributed by atoms with Gasteiger partial charge in [0.15, 0.2) is 0 Å². The zero-order valence-corrected chi connectivity index (χ0v) is 10.1. The molecule has 2 heterocycles. The minimum atomic E-state index is 0.751. The molecule has 0 aromatic rings. The van der Waals surface area contributed by atoms with Crippen LogP contribution in [0, 0.1) is 5.92 Å². The largest absolute Gasteiger partial charge is 0.312 e. The van der Waals surface area contributed by atoms with Crippen molar-refractivity contribution in [1.82, 2.24) is 10.2 Å². The van der Waals surface area contributed by atoms with E-state index in [0.717, 1.165) is 18.0 Å². The van der Waals surface area contributed by atoms with Crippen molar-refractivity contribution in [3.05, 3.63) is 0 Å². The van der Waals surface area contributed by atoms with Crippen LogP contribution in [0.1, 0.15) is 20.3 Å². The van der Waals surface area contributed by atoms with E-state index in [-0.39, 0.29) is 0 Å². The molecule has 2 aliphatic rings. The Morgan fingerprint density at radius 2 is 2.29 bits per heavy atom. The van der Waals surface area contributed by atoms with Crippen LogP contribution in [0.2, 0.25) is 0 Å². The maximum atomic E-state index is 3.63. The summed E-state index contributed by atoms with van der Waals surface area (Å²) in [5.41, 5.74) is 0. The van der Waals surface area contributed by atoms with E-state index in [1.807, 2.05) is 0 Å². The Morgan fingerprint density at radius 1 is 1.43 bits per heavy atom. The molecule has 0 aromatic carbocycles. The van der Waals surface area contributed by atoms with Crippen molar-refractivity contribution in [3.63, 3.8) is 0 Å². The summed E-state index contributed by atoms with van der Waals surface area (Å²) in [6.45, 7) is 8.53. The van der Waals surface area contributed by atoms with Crippen LogP contribution in [-0.2, 0) is 0 Å². The fourth-order valence-electron chi connectivity index (χ4n) is 2.43. The van der Waals surface area contributed by atoms with Crippen molar-refractivity contribution in [3.8, 4) is 0 Å². The smallest absolute Gasteiger partial charge is 0.0221 e. The first-order valence-corrected chi connectivity index (χ1v) is 6.98. The lowest BCUT2D eigenvalue weighted by Crippen LogP contribution is -2.47. The van der Waals surface area contributed by atoms with E-state index >= 15 is 0 Å². The van der Waals surface area contributed by atoms with Crippen molar-refractivity contribution in [2.24, 2.45) is 5.92 Å². The molecule has 2 fully saturated rings. The van der Waals surface area contributed by atoms with Crippen LogP contribution in [0.4, 0.5) is 0 Å². The Morgan fingerprint density at radius 3 is 2.93 bits per heavy atom. The molecule has 2 nitrogen and oxygen atoms in total. The minimum Gasteiger partial charge on any atom is -0.312 e. The molecule has 3 atom stereocenters. The Kier molecular flexibility index (Phi) is 3.74. The first-order chi connectivity index (χ1) is 6.77. The van der Waals surface area contributed by atoms with Crippen molar-refractivity contribution in [2.45, 2.75) is 32.4 Å². The molecule has 0 bridgehead atoms. The van der Waals surface area contributed by atoms with Crippen molar-refractivity contribution >= 4 is 11.8 Å². The second kappa shape index (κ2) is 4.86. The number of rotatable bonds is 2. The standard InChI is InChI=1S/C11H22N2S/c1-9-3-4-12-11(9)7-13-5-6-14-8-10(13)2/h9-12H,3-8H2,1-2H3. The van der Waals surface area contributed by atoms with Crippen LogP contribution in [0.15, 0.2) is 0 Å². The highest BCUT2D eigenvalue weighted by atomic mass is 32.2. The number of hydrogen-bond acceptors (Lipinski definition) is 3. The Labute approximate surface area is 91.8 Å². The van der Waals surface area contributed by atoms with Gasteiger partial charge >= 0.3 is 0 Å². The molecule has 3 unspecified atom stereocenters. The monoisotopic (exact) mass is 214 g/mol. The van der Waals surface area contributed by atoms with Crippen LogP contribution < -0.4 is 5.32 Å². The average molecular weight is 214 g/mol. The van der Waals surface area contributed by atoms with Gasteiger partial charge in [-0.05, 0) is 25.8 Å². The van der Waals surface area contributed by atoms with Gasteiger partial charge < -0.3 is 5.32 Å². The van der Waals surface area contributed by atoms with E-state index in [9.17, 15) is 0 Å². The molecule has 3 heteroatoms. The lowest BCUT2D eigenvalue weighted by molar-refractivity contribution is 0.200. The predicted molar refractivity (Wildman–Crippen MR) is 63.9 cm³/mol. The van der Waals surface area contributed by atoms with Crippen LogP contribution in [-0.4, -0.2) is 48.1 Å². The number of nitrogens with one attached hydrogen (secondary N) is 1. The summed E-state index contributed by atoms with van der Waals surface area (Å²) in [5, 5.41) is 3.63. The number of hydrogen-bond donors (Lipinski definition) is 1. The SMILES string of the molecule is CC1CCNC1CN1CCSCC1C. The summed E-state index contributed by atoms with van der Waals surface area (Å²) in [6.07, 6.45) is 1.36. The molecule has 2 aliphatic heterocycles. The van der Waals surface area contributed by atoms with E-state index in [1.54, 1.807) is 0 Å². The minimum absolute atomic E-state index is 0.751. The third kappa shape index (κ3) is 2.44. The predicted octanol–water partition coefficient (Wildman–Crippen LogP) is 1.42. The molecule has 0 saturated carbocycles. The summed E-state index contributed by atoms with van der Waals surface area (Å²) >= 11 is 2.10. The summed E-state index contributed by atoms with van der Waals surface area (Å²) < 4.78 is 0. The van der Waals surface area contributed by atoms with Gasteiger partial charge in [0, 0.05) is 36.7 Å². The van der Waals surface area contributed by atoms with Crippen molar-refractivity contribution in [1.29, 1.82) is 0 Å². The molecule has 0 spiro atoms. The lowest BCUT2D eigenvalue weighted by atomic mass is 10.0. The molecule has 2 saturated heterocycles. The van der Waals surface area contributed by atoms with E-state index < -0.39 is 0 Å². The van der Waals surface area contributed by atoms with Crippen LogP contribution in [0.3, 0.4) is 0 Å². The maximum Gasteiger partial charge on any atom is 0.0221 e. The molecular weight excluding hydrogens is 192 g/mol. The highest BCUT2D eigenvalue weighted by Gasteiger charge is 2.27. The average Bonchev–Trinajstić information content (AvgIpc) is 2.56. The summed E-state index contributed by atoms with van der Waals surface area (Å²) in [7, 11) is 0. The van der Waals surface area contributed by atoms with Gasteiger partial charge in [0.2, 0.25) is 0 Å². The molecule has 0 aliphatic carbocycles. The van der Waals surface area contributed by atoms with Gasteiger partial charge in [-0.15, -0.1) is 0 Å². The highest BCUT2D eigenvalue weighted by Crippen LogP contribution is 2.20. The van der Waals surface area contributed by atoms with Crippen molar-refractivity contribution in [2.75, 3.05) is 31.1 Å². The fraction of sp³-hybridized carbons (Fsp3) is 1.00. The quantitative estimate of drug-likeness (QED) is 0.748. The van der Waals surface area contributed by atoms with E-state index in [4.69, 9.17) is 0 Å². The molecule has 0 amide bonds. The van der Waals surface area contributed by atoms with Crippen LogP contribution in [0.25, 0.3) is 0 Å². The zero-order chi connectivity index (χ0) is 9.97. The third-order valence-electron chi connectivity index (χ3n) is 3.63. The van der Waals surface area contributed by atoms with Gasteiger partial charge in [0.1, 0.15) is 0 Å². The van der Waals surface area contributed by atoms with E-state index in [1.165, 1.54) is 37.6 Å². The molecule has 1 N–H and O–H groups in total. The van der Waals surface area contributed by atoms with Gasteiger partial charge in [-0.25, -0.2) is 0 Å². The highest BCUT2D eigenvalue weighted by molar-refractivity contribution is 7.99. The summed E-state index contributed by atoms with van der Waals surface area (Å²) in [5.74, 6) is 3.52. The second-order valence-corrected chi connectivity index (χ2v) is 5.90. The topological polar surface area (TPSA) is 15.3 Å². The fourth-order valence-corrected chi connectivity index (χ4v) is 3.51. The van der Waals surface area contributed by atoms with Crippen molar-refractivity contribution < 1.29 is 0 Å². The van der Waals surface area contributed by atoms with Gasteiger partial charge in [0.05, 0.1) is 0 Å². The summed E-state index contributed by atoms with van der Waals surface area (Å²) in [6, 6.07) is 1.53. The van der Waals surface area contributed by atoms with E-state index in [2.05, 4.69) is 35.8 Å².